The highest BCUT2D eigenvalue weighted by Crippen LogP contribution is 2.29. The summed E-state index contributed by atoms with van der Waals surface area (Å²) in [4.78, 5) is 14.7. The minimum absolute atomic E-state index is 0.0470. The predicted octanol–water partition coefficient (Wildman–Crippen LogP) is 1.94. The molecule has 0 spiro atoms. The highest BCUT2D eigenvalue weighted by atomic mass is 16.6. The molecule has 0 bridgehead atoms. The van der Waals surface area contributed by atoms with Crippen LogP contribution in [0.1, 0.15) is 6.42 Å². The van der Waals surface area contributed by atoms with Crippen LogP contribution in [0.4, 0.5) is 11.4 Å². The van der Waals surface area contributed by atoms with Crippen molar-refractivity contribution in [3.63, 3.8) is 0 Å². The highest BCUT2D eigenvalue weighted by molar-refractivity contribution is 5.96. The van der Waals surface area contributed by atoms with Crippen molar-refractivity contribution in [2.75, 3.05) is 18.5 Å². The zero-order chi connectivity index (χ0) is 13.0. The largest absolute Gasteiger partial charge is 0.396 e. The minimum atomic E-state index is -0.415. The van der Waals surface area contributed by atoms with E-state index < -0.39 is 4.92 Å². The molecule has 0 saturated heterocycles. The average Bonchev–Trinajstić information content (AvgIpc) is 2.38. The Hall–Kier alpha value is -2.21. The van der Waals surface area contributed by atoms with E-state index in [9.17, 15) is 10.1 Å². The number of non-ortho nitro benzene ring substituents is 1. The molecule has 2 aromatic rings. The van der Waals surface area contributed by atoms with Gasteiger partial charge in [0, 0.05) is 25.4 Å². The summed E-state index contributed by atoms with van der Waals surface area (Å²) in [5.41, 5.74) is 1.36. The summed E-state index contributed by atoms with van der Waals surface area (Å²) in [7, 11) is 0. The molecule has 0 aliphatic heterocycles. The van der Waals surface area contributed by atoms with E-state index in [1.807, 2.05) is 0 Å². The number of nitro benzene ring substituents is 1. The molecule has 0 aliphatic carbocycles. The normalized spacial score (nSPS) is 10.5. The Morgan fingerprint density at radius 3 is 2.94 bits per heavy atom. The Bertz CT molecular complexity index is 571. The fourth-order valence-electron chi connectivity index (χ4n) is 1.76. The van der Waals surface area contributed by atoms with Gasteiger partial charge in [-0.3, -0.25) is 15.1 Å². The molecule has 1 aromatic carbocycles. The Morgan fingerprint density at radius 1 is 1.39 bits per heavy atom. The second-order valence-corrected chi connectivity index (χ2v) is 3.79. The van der Waals surface area contributed by atoms with Crippen molar-refractivity contribution < 1.29 is 10.0 Å². The van der Waals surface area contributed by atoms with E-state index in [0.29, 0.717) is 23.9 Å². The second-order valence-electron chi connectivity index (χ2n) is 3.79. The number of rotatable bonds is 5. The molecule has 6 heteroatoms. The van der Waals surface area contributed by atoms with Crippen LogP contribution in [-0.2, 0) is 0 Å². The number of anilines is 1. The molecule has 0 aliphatic rings. The summed E-state index contributed by atoms with van der Waals surface area (Å²) >= 11 is 0. The second kappa shape index (κ2) is 5.42. The lowest BCUT2D eigenvalue weighted by Crippen LogP contribution is -2.04. The van der Waals surface area contributed by atoms with E-state index in [1.54, 1.807) is 24.4 Å². The Balaban J connectivity index is 2.44. The molecular formula is C12H13N3O3. The van der Waals surface area contributed by atoms with Crippen LogP contribution in [-0.4, -0.2) is 28.2 Å². The van der Waals surface area contributed by atoms with Gasteiger partial charge in [0.05, 0.1) is 16.0 Å². The SMILES string of the molecule is O=[N+]([O-])c1ccc(NCCCO)c2ncccc12. The van der Waals surface area contributed by atoms with Gasteiger partial charge in [0.1, 0.15) is 5.52 Å². The molecule has 18 heavy (non-hydrogen) atoms. The standard InChI is InChI=1S/C12H13N3O3/c16-8-2-7-13-10-4-5-11(15(17)18)9-3-1-6-14-12(9)10/h1,3-6,13,16H,2,7-8H2. The van der Waals surface area contributed by atoms with Crippen molar-refractivity contribution in [1.29, 1.82) is 0 Å². The van der Waals surface area contributed by atoms with Crippen LogP contribution in [0.15, 0.2) is 30.5 Å². The summed E-state index contributed by atoms with van der Waals surface area (Å²) in [5, 5.41) is 23.3. The molecule has 0 radical (unpaired) electrons. The van der Waals surface area contributed by atoms with Crippen molar-refractivity contribution in [3.8, 4) is 0 Å². The zero-order valence-electron chi connectivity index (χ0n) is 9.67. The smallest absolute Gasteiger partial charge is 0.278 e. The molecule has 0 amide bonds. The lowest BCUT2D eigenvalue weighted by Gasteiger charge is -2.08. The zero-order valence-corrected chi connectivity index (χ0v) is 9.67. The van der Waals surface area contributed by atoms with Gasteiger partial charge >= 0.3 is 0 Å². The average molecular weight is 247 g/mol. The number of hydrogen-bond acceptors (Lipinski definition) is 5. The van der Waals surface area contributed by atoms with Crippen LogP contribution in [0.5, 0.6) is 0 Å². The third kappa shape index (κ3) is 2.38. The number of benzene rings is 1. The van der Waals surface area contributed by atoms with E-state index in [-0.39, 0.29) is 12.3 Å². The molecule has 6 nitrogen and oxygen atoms in total. The van der Waals surface area contributed by atoms with E-state index in [2.05, 4.69) is 10.3 Å². The number of pyridine rings is 1. The van der Waals surface area contributed by atoms with Gasteiger partial charge in [-0.25, -0.2) is 0 Å². The van der Waals surface area contributed by atoms with Crippen LogP contribution >= 0.6 is 0 Å². The third-order valence-electron chi connectivity index (χ3n) is 2.59. The number of nitrogens with zero attached hydrogens (tertiary/aromatic N) is 2. The van der Waals surface area contributed by atoms with Crippen LogP contribution in [0.3, 0.4) is 0 Å². The van der Waals surface area contributed by atoms with Crippen molar-refractivity contribution in [3.05, 3.63) is 40.6 Å². The maximum Gasteiger partial charge on any atom is 0.278 e. The molecular weight excluding hydrogens is 234 g/mol. The van der Waals surface area contributed by atoms with Crippen LogP contribution < -0.4 is 5.32 Å². The van der Waals surface area contributed by atoms with Gasteiger partial charge in [-0.15, -0.1) is 0 Å². The Labute approximate surface area is 103 Å². The van der Waals surface area contributed by atoms with Crippen molar-refractivity contribution in [2.24, 2.45) is 0 Å². The van der Waals surface area contributed by atoms with Gasteiger partial charge in [-0.1, -0.05) is 0 Å². The molecule has 0 unspecified atom stereocenters. The molecule has 1 aromatic heterocycles. The summed E-state index contributed by atoms with van der Waals surface area (Å²) in [5.74, 6) is 0. The number of nitro groups is 1. The summed E-state index contributed by atoms with van der Waals surface area (Å²) < 4.78 is 0. The molecule has 94 valence electrons. The number of fused-ring (bicyclic) bond motifs is 1. The number of nitrogens with one attached hydrogen (secondary N) is 1. The fourth-order valence-corrected chi connectivity index (χ4v) is 1.76. The first-order chi connectivity index (χ1) is 8.74. The Kier molecular flexibility index (Phi) is 3.69. The quantitative estimate of drug-likeness (QED) is 0.479. The first-order valence-electron chi connectivity index (χ1n) is 5.61. The first kappa shape index (κ1) is 12.3. The first-order valence-corrected chi connectivity index (χ1v) is 5.61. The third-order valence-corrected chi connectivity index (χ3v) is 2.59. The Morgan fingerprint density at radius 2 is 2.22 bits per heavy atom. The van der Waals surface area contributed by atoms with Crippen molar-refractivity contribution >= 4 is 22.3 Å². The van der Waals surface area contributed by atoms with Gasteiger partial charge in [-0.05, 0) is 24.6 Å². The molecule has 0 fully saturated rings. The van der Waals surface area contributed by atoms with Gasteiger partial charge in [0.2, 0.25) is 0 Å². The molecule has 1 heterocycles. The van der Waals surface area contributed by atoms with Gasteiger partial charge < -0.3 is 10.4 Å². The summed E-state index contributed by atoms with van der Waals surface area (Å²) in [6, 6.07) is 6.46. The predicted molar refractivity (Wildman–Crippen MR) is 68.6 cm³/mol. The number of aliphatic hydroxyl groups excluding tert-OH is 1. The maximum atomic E-state index is 10.9. The minimum Gasteiger partial charge on any atom is -0.396 e. The van der Waals surface area contributed by atoms with E-state index in [4.69, 9.17) is 5.11 Å². The maximum absolute atomic E-state index is 10.9. The lowest BCUT2D eigenvalue weighted by atomic mass is 10.1. The monoisotopic (exact) mass is 247 g/mol. The highest BCUT2D eigenvalue weighted by Gasteiger charge is 2.14. The van der Waals surface area contributed by atoms with Crippen LogP contribution in [0, 0.1) is 10.1 Å². The summed E-state index contributed by atoms with van der Waals surface area (Å²) in [6.07, 6.45) is 2.22. The van der Waals surface area contributed by atoms with Crippen LogP contribution in [0.2, 0.25) is 0 Å². The van der Waals surface area contributed by atoms with Crippen molar-refractivity contribution in [1.82, 2.24) is 4.98 Å². The topological polar surface area (TPSA) is 88.3 Å². The number of hydrogen-bond donors (Lipinski definition) is 2. The van der Waals surface area contributed by atoms with Crippen LogP contribution in [0.25, 0.3) is 10.9 Å². The van der Waals surface area contributed by atoms with E-state index in [0.717, 1.165) is 5.69 Å². The number of aliphatic hydroxyl groups is 1. The fraction of sp³-hybridized carbons (Fsp3) is 0.250. The van der Waals surface area contributed by atoms with Crippen molar-refractivity contribution in [2.45, 2.75) is 6.42 Å². The lowest BCUT2D eigenvalue weighted by molar-refractivity contribution is -0.383. The van der Waals surface area contributed by atoms with Gasteiger partial charge in [0.15, 0.2) is 0 Å². The van der Waals surface area contributed by atoms with E-state index in [1.165, 1.54) is 6.07 Å². The van der Waals surface area contributed by atoms with Gasteiger partial charge in [-0.2, -0.15) is 0 Å². The molecule has 2 rings (SSSR count). The molecule has 0 saturated carbocycles. The van der Waals surface area contributed by atoms with Gasteiger partial charge in [0.25, 0.3) is 5.69 Å². The number of aromatic nitrogens is 1. The molecule has 0 atom stereocenters. The summed E-state index contributed by atoms with van der Waals surface area (Å²) in [6.45, 7) is 0.700. The molecule has 2 N–H and O–H groups in total. The van der Waals surface area contributed by atoms with E-state index >= 15 is 0 Å².